The predicted octanol–water partition coefficient (Wildman–Crippen LogP) is 2.05. The van der Waals surface area contributed by atoms with Crippen molar-refractivity contribution in [1.29, 1.82) is 0 Å². The highest BCUT2D eigenvalue weighted by Crippen LogP contribution is 2.37. The maximum absolute atomic E-state index is 14.1. The van der Waals surface area contributed by atoms with Crippen LogP contribution in [0.15, 0.2) is 30.3 Å². The number of halogens is 2. The largest absolute Gasteiger partial charge is 0.508 e. The molecular weight excluding hydrogens is 299 g/mol. The standard InChI is InChI=1S/C14H10ClFN2O3/c15-9-4-6(19)5-10(16)12(9)11-7(13(17)20)2-1-3-8(11)14(18)21/h1-5,19H,(H2,17,20)(H2,18,21). The van der Waals surface area contributed by atoms with Crippen LogP contribution in [0.25, 0.3) is 11.1 Å². The zero-order chi connectivity index (χ0) is 15.7. The van der Waals surface area contributed by atoms with Gasteiger partial charge in [0.1, 0.15) is 11.6 Å². The Morgan fingerprint density at radius 3 is 2.00 bits per heavy atom. The van der Waals surface area contributed by atoms with Crippen molar-refractivity contribution >= 4 is 23.4 Å². The summed E-state index contributed by atoms with van der Waals surface area (Å²) in [5.41, 5.74) is 9.97. The highest BCUT2D eigenvalue weighted by molar-refractivity contribution is 6.34. The van der Waals surface area contributed by atoms with Gasteiger partial charge in [-0.15, -0.1) is 0 Å². The fraction of sp³-hybridized carbons (Fsp3) is 0. The van der Waals surface area contributed by atoms with Crippen molar-refractivity contribution in [1.82, 2.24) is 0 Å². The Hall–Kier alpha value is -2.60. The average molecular weight is 309 g/mol. The second kappa shape index (κ2) is 5.41. The molecule has 5 N–H and O–H groups in total. The van der Waals surface area contributed by atoms with Gasteiger partial charge in [0.25, 0.3) is 0 Å². The summed E-state index contributed by atoms with van der Waals surface area (Å²) in [6.07, 6.45) is 0. The SMILES string of the molecule is NC(=O)c1cccc(C(N)=O)c1-c1c(F)cc(O)cc1Cl. The average Bonchev–Trinajstić information content (AvgIpc) is 2.37. The van der Waals surface area contributed by atoms with Crippen LogP contribution in [0.1, 0.15) is 20.7 Å². The summed E-state index contributed by atoms with van der Waals surface area (Å²) in [7, 11) is 0. The third kappa shape index (κ3) is 2.66. The van der Waals surface area contributed by atoms with Crippen molar-refractivity contribution in [3.8, 4) is 16.9 Å². The highest BCUT2D eigenvalue weighted by atomic mass is 35.5. The molecule has 0 unspecified atom stereocenters. The van der Waals surface area contributed by atoms with Gasteiger partial charge in [-0.05, 0) is 18.2 Å². The molecule has 0 heterocycles. The highest BCUT2D eigenvalue weighted by Gasteiger charge is 2.23. The summed E-state index contributed by atoms with van der Waals surface area (Å²) in [6.45, 7) is 0. The Balaban J connectivity index is 2.91. The number of primary amides is 2. The number of hydrogen-bond acceptors (Lipinski definition) is 3. The molecule has 2 aromatic rings. The predicted molar refractivity (Wildman–Crippen MR) is 75.5 cm³/mol. The molecule has 2 rings (SSSR count). The Labute approximate surface area is 123 Å². The Kier molecular flexibility index (Phi) is 3.82. The van der Waals surface area contributed by atoms with Crippen molar-refractivity contribution in [3.63, 3.8) is 0 Å². The smallest absolute Gasteiger partial charge is 0.249 e. The molecule has 108 valence electrons. The van der Waals surface area contributed by atoms with Gasteiger partial charge in [0.15, 0.2) is 0 Å². The molecule has 0 saturated carbocycles. The number of nitrogens with two attached hydrogens (primary N) is 2. The molecule has 2 aromatic carbocycles. The molecule has 0 radical (unpaired) electrons. The van der Waals surface area contributed by atoms with E-state index in [2.05, 4.69) is 0 Å². The van der Waals surface area contributed by atoms with E-state index in [1.165, 1.54) is 18.2 Å². The van der Waals surface area contributed by atoms with E-state index in [-0.39, 0.29) is 27.3 Å². The summed E-state index contributed by atoms with van der Waals surface area (Å²) in [5.74, 6) is -3.03. The molecule has 2 amide bonds. The lowest BCUT2D eigenvalue weighted by atomic mass is 9.93. The van der Waals surface area contributed by atoms with Gasteiger partial charge in [0, 0.05) is 28.3 Å². The molecule has 0 aliphatic carbocycles. The van der Waals surface area contributed by atoms with Crippen molar-refractivity contribution in [3.05, 3.63) is 52.3 Å². The number of phenols is 1. The first-order valence-electron chi connectivity index (χ1n) is 5.74. The molecule has 21 heavy (non-hydrogen) atoms. The molecule has 0 aliphatic heterocycles. The lowest BCUT2D eigenvalue weighted by Gasteiger charge is -2.14. The summed E-state index contributed by atoms with van der Waals surface area (Å²) in [4.78, 5) is 23.0. The van der Waals surface area contributed by atoms with Crippen molar-refractivity contribution < 1.29 is 19.1 Å². The van der Waals surface area contributed by atoms with Gasteiger partial charge in [0.2, 0.25) is 11.8 Å². The normalized spacial score (nSPS) is 10.4. The van der Waals surface area contributed by atoms with Gasteiger partial charge in [-0.25, -0.2) is 4.39 Å². The number of amides is 2. The summed E-state index contributed by atoms with van der Waals surface area (Å²) in [5, 5.41) is 9.14. The lowest BCUT2D eigenvalue weighted by Crippen LogP contribution is -2.18. The van der Waals surface area contributed by atoms with E-state index in [1.54, 1.807) is 0 Å². The minimum Gasteiger partial charge on any atom is -0.508 e. The van der Waals surface area contributed by atoms with Crippen molar-refractivity contribution in [2.75, 3.05) is 0 Å². The fourth-order valence-electron chi connectivity index (χ4n) is 2.03. The van der Waals surface area contributed by atoms with Gasteiger partial charge in [-0.2, -0.15) is 0 Å². The van der Waals surface area contributed by atoms with Crippen LogP contribution in [0, 0.1) is 5.82 Å². The molecule has 0 spiro atoms. The second-order valence-corrected chi connectivity index (χ2v) is 4.65. The summed E-state index contributed by atoms with van der Waals surface area (Å²) >= 11 is 5.92. The number of phenolic OH excluding ortho intramolecular Hbond substituents is 1. The third-order valence-electron chi connectivity index (χ3n) is 2.87. The van der Waals surface area contributed by atoms with E-state index in [0.29, 0.717) is 0 Å². The van der Waals surface area contributed by atoms with Crippen LogP contribution in [-0.4, -0.2) is 16.9 Å². The first-order valence-corrected chi connectivity index (χ1v) is 6.11. The molecule has 0 fully saturated rings. The maximum Gasteiger partial charge on any atom is 0.249 e. The number of aromatic hydroxyl groups is 1. The Morgan fingerprint density at radius 2 is 1.57 bits per heavy atom. The fourth-order valence-corrected chi connectivity index (χ4v) is 2.33. The van der Waals surface area contributed by atoms with Gasteiger partial charge in [-0.3, -0.25) is 9.59 Å². The number of hydrogen-bond donors (Lipinski definition) is 3. The molecule has 5 nitrogen and oxygen atoms in total. The maximum atomic E-state index is 14.1. The van der Waals surface area contributed by atoms with Crippen LogP contribution in [0.2, 0.25) is 5.02 Å². The zero-order valence-corrected chi connectivity index (χ0v) is 11.3. The zero-order valence-electron chi connectivity index (χ0n) is 10.6. The topological polar surface area (TPSA) is 106 Å². The third-order valence-corrected chi connectivity index (χ3v) is 3.17. The number of benzene rings is 2. The van der Waals surface area contributed by atoms with Crippen molar-refractivity contribution in [2.45, 2.75) is 0 Å². The van der Waals surface area contributed by atoms with Gasteiger partial charge in [0.05, 0.1) is 5.02 Å². The van der Waals surface area contributed by atoms with Crippen LogP contribution >= 0.6 is 11.6 Å². The van der Waals surface area contributed by atoms with E-state index >= 15 is 0 Å². The molecule has 7 heteroatoms. The van der Waals surface area contributed by atoms with Crippen LogP contribution in [0.4, 0.5) is 4.39 Å². The number of carbonyl (C=O) groups excluding carboxylic acids is 2. The summed E-state index contributed by atoms with van der Waals surface area (Å²) in [6, 6.07) is 5.95. The second-order valence-electron chi connectivity index (χ2n) is 4.24. The molecule has 0 saturated heterocycles. The van der Waals surface area contributed by atoms with E-state index in [4.69, 9.17) is 23.1 Å². The van der Waals surface area contributed by atoms with E-state index in [9.17, 15) is 19.1 Å². The molecule has 0 aliphatic rings. The van der Waals surface area contributed by atoms with E-state index < -0.39 is 23.4 Å². The van der Waals surface area contributed by atoms with E-state index in [0.717, 1.165) is 12.1 Å². The first kappa shape index (κ1) is 14.8. The lowest BCUT2D eigenvalue weighted by molar-refractivity contribution is 0.0999. The van der Waals surface area contributed by atoms with Gasteiger partial charge >= 0.3 is 0 Å². The number of rotatable bonds is 3. The minimum atomic E-state index is -0.906. The van der Waals surface area contributed by atoms with Crippen molar-refractivity contribution in [2.24, 2.45) is 11.5 Å². The number of carbonyl (C=O) groups is 2. The van der Waals surface area contributed by atoms with Gasteiger partial charge in [-0.1, -0.05) is 17.7 Å². The molecular formula is C14H10ClFN2O3. The molecule has 0 atom stereocenters. The monoisotopic (exact) mass is 308 g/mol. The van der Waals surface area contributed by atoms with Crippen LogP contribution in [0.3, 0.4) is 0 Å². The van der Waals surface area contributed by atoms with Gasteiger partial charge < -0.3 is 16.6 Å². The molecule has 0 aromatic heterocycles. The Bertz CT molecular complexity index is 707. The molecule has 0 bridgehead atoms. The summed E-state index contributed by atoms with van der Waals surface area (Å²) < 4.78 is 14.1. The van der Waals surface area contributed by atoms with Crippen LogP contribution in [0.5, 0.6) is 5.75 Å². The Morgan fingerprint density at radius 1 is 1.05 bits per heavy atom. The van der Waals surface area contributed by atoms with Crippen LogP contribution in [-0.2, 0) is 0 Å². The quantitative estimate of drug-likeness (QED) is 0.807. The van der Waals surface area contributed by atoms with E-state index in [1.807, 2.05) is 0 Å². The first-order chi connectivity index (χ1) is 9.82. The minimum absolute atomic E-state index is 0.0972. The van der Waals surface area contributed by atoms with Crippen LogP contribution < -0.4 is 11.5 Å².